The van der Waals surface area contributed by atoms with Crippen molar-refractivity contribution >= 4 is 17.7 Å². The van der Waals surface area contributed by atoms with Gasteiger partial charge in [0.05, 0.1) is 17.4 Å². The van der Waals surface area contributed by atoms with Gasteiger partial charge in [0.15, 0.2) is 0 Å². The molecule has 2 rings (SSSR count). The van der Waals surface area contributed by atoms with E-state index in [4.69, 9.17) is 5.11 Å². The molecule has 108 valence electrons. The van der Waals surface area contributed by atoms with Gasteiger partial charge < -0.3 is 15.7 Å². The van der Waals surface area contributed by atoms with Crippen molar-refractivity contribution in [1.82, 2.24) is 10.3 Å². The second-order valence-corrected chi connectivity index (χ2v) is 5.23. The standard InChI is InChI=1S/C14H19N3O3/c1-9-4-2-3-5-12(9)17-14(20)16-11-6-10(13(18)19)7-15-8-11/h6-9,12H,2-5H2,1H3,(H,18,19)(H2,16,17,20). The third kappa shape index (κ3) is 3.69. The SMILES string of the molecule is CC1CCCCC1NC(=O)Nc1cncc(C(=O)O)c1. The molecule has 0 radical (unpaired) electrons. The molecule has 6 nitrogen and oxygen atoms in total. The molecule has 0 saturated heterocycles. The molecule has 6 heteroatoms. The summed E-state index contributed by atoms with van der Waals surface area (Å²) in [4.78, 5) is 26.5. The summed E-state index contributed by atoms with van der Waals surface area (Å²) < 4.78 is 0. The van der Waals surface area contributed by atoms with Gasteiger partial charge in [-0.25, -0.2) is 9.59 Å². The van der Waals surface area contributed by atoms with Crippen LogP contribution in [-0.2, 0) is 0 Å². The Morgan fingerprint density at radius 3 is 2.75 bits per heavy atom. The van der Waals surface area contributed by atoms with E-state index in [1.165, 1.54) is 24.9 Å². The highest BCUT2D eigenvalue weighted by Crippen LogP contribution is 2.23. The largest absolute Gasteiger partial charge is 0.478 e. The lowest BCUT2D eigenvalue weighted by Crippen LogP contribution is -2.43. The van der Waals surface area contributed by atoms with Gasteiger partial charge in [-0.2, -0.15) is 0 Å². The molecule has 1 heterocycles. The molecule has 2 atom stereocenters. The highest BCUT2D eigenvalue weighted by atomic mass is 16.4. The van der Waals surface area contributed by atoms with Crippen molar-refractivity contribution in [2.24, 2.45) is 5.92 Å². The van der Waals surface area contributed by atoms with Gasteiger partial charge in [0.2, 0.25) is 0 Å². The van der Waals surface area contributed by atoms with Crippen molar-refractivity contribution in [3.05, 3.63) is 24.0 Å². The van der Waals surface area contributed by atoms with E-state index < -0.39 is 5.97 Å². The minimum Gasteiger partial charge on any atom is -0.478 e. The summed E-state index contributed by atoms with van der Waals surface area (Å²) in [5.41, 5.74) is 0.430. The molecule has 1 aliphatic carbocycles. The number of pyridine rings is 1. The van der Waals surface area contributed by atoms with E-state index in [0.29, 0.717) is 11.6 Å². The molecule has 1 aromatic heterocycles. The van der Waals surface area contributed by atoms with Crippen LogP contribution in [0.3, 0.4) is 0 Å². The minimum absolute atomic E-state index is 0.0498. The van der Waals surface area contributed by atoms with Crippen LogP contribution in [0.2, 0.25) is 0 Å². The number of anilines is 1. The first-order valence-electron chi connectivity index (χ1n) is 6.82. The molecule has 0 bridgehead atoms. The van der Waals surface area contributed by atoms with E-state index in [1.807, 2.05) is 0 Å². The number of hydrogen-bond acceptors (Lipinski definition) is 3. The third-order valence-corrected chi connectivity index (χ3v) is 3.67. The summed E-state index contributed by atoms with van der Waals surface area (Å²) in [5, 5.41) is 14.4. The molecule has 0 spiro atoms. The second-order valence-electron chi connectivity index (χ2n) is 5.23. The molecular weight excluding hydrogens is 258 g/mol. The van der Waals surface area contributed by atoms with Crippen LogP contribution in [-0.4, -0.2) is 28.1 Å². The van der Waals surface area contributed by atoms with Crippen LogP contribution >= 0.6 is 0 Å². The molecule has 1 fully saturated rings. The smallest absolute Gasteiger partial charge is 0.337 e. The average molecular weight is 277 g/mol. The number of hydrogen-bond donors (Lipinski definition) is 3. The highest BCUT2D eigenvalue weighted by Gasteiger charge is 2.22. The molecule has 2 amide bonds. The molecule has 20 heavy (non-hydrogen) atoms. The van der Waals surface area contributed by atoms with Crippen molar-refractivity contribution in [1.29, 1.82) is 0 Å². The number of carboxylic acids is 1. The maximum Gasteiger partial charge on any atom is 0.337 e. The van der Waals surface area contributed by atoms with Gasteiger partial charge in [0.1, 0.15) is 0 Å². The van der Waals surface area contributed by atoms with Crippen LogP contribution in [0, 0.1) is 5.92 Å². The number of rotatable bonds is 3. The van der Waals surface area contributed by atoms with Gasteiger partial charge >= 0.3 is 12.0 Å². The van der Waals surface area contributed by atoms with Crippen molar-refractivity contribution in [2.75, 3.05) is 5.32 Å². The first-order chi connectivity index (χ1) is 9.56. The Kier molecular flexibility index (Phi) is 4.55. The zero-order valence-electron chi connectivity index (χ0n) is 11.4. The maximum absolute atomic E-state index is 11.9. The number of aromatic nitrogens is 1. The minimum atomic E-state index is -1.07. The van der Waals surface area contributed by atoms with E-state index >= 15 is 0 Å². The van der Waals surface area contributed by atoms with Crippen LogP contribution in [0.15, 0.2) is 18.5 Å². The lowest BCUT2D eigenvalue weighted by molar-refractivity contribution is 0.0696. The quantitative estimate of drug-likeness (QED) is 0.791. The van der Waals surface area contributed by atoms with Gasteiger partial charge in [0, 0.05) is 12.2 Å². The van der Waals surface area contributed by atoms with E-state index in [9.17, 15) is 9.59 Å². The number of aromatic carboxylic acids is 1. The molecule has 1 saturated carbocycles. The number of nitrogens with one attached hydrogen (secondary N) is 2. The fourth-order valence-corrected chi connectivity index (χ4v) is 2.49. The predicted octanol–water partition coefficient (Wildman–Crippen LogP) is 2.48. The number of carbonyl (C=O) groups is 2. The molecule has 0 aromatic carbocycles. The number of carboxylic acid groups (broad SMARTS) is 1. The molecule has 2 unspecified atom stereocenters. The lowest BCUT2D eigenvalue weighted by Gasteiger charge is -2.29. The molecule has 1 aliphatic rings. The first kappa shape index (κ1) is 14.3. The van der Waals surface area contributed by atoms with E-state index in [1.54, 1.807) is 0 Å². The number of nitrogens with zero attached hydrogens (tertiary/aromatic N) is 1. The van der Waals surface area contributed by atoms with Gasteiger partial charge in [0.25, 0.3) is 0 Å². The van der Waals surface area contributed by atoms with Crippen molar-refractivity contribution < 1.29 is 14.7 Å². The van der Waals surface area contributed by atoms with E-state index in [0.717, 1.165) is 19.3 Å². The van der Waals surface area contributed by atoms with Crippen molar-refractivity contribution in [2.45, 2.75) is 38.6 Å². The van der Waals surface area contributed by atoms with Crippen molar-refractivity contribution in [3.63, 3.8) is 0 Å². The Morgan fingerprint density at radius 2 is 2.05 bits per heavy atom. The summed E-state index contributed by atoms with van der Waals surface area (Å²) in [6, 6.07) is 1.26. The normalized spacial score (nSPS) is 22.1. The fourth-order valence-electron chi connectivity index (χ4n) is 2.49. The first-order valence-corrected chi connectivity index (χ1v) is 6.82. The Morgan fingerprint density at radius 1 is 1.30 bits per heavy atom. The van der Waals surface area contributed by atoms with E-state index in [2.05, 4.69) is 22.5 Å². The Bertz CT molecular complexity index is 504. The Labute approximate surface area is 117 Å². The zero-order valence-corrected chi connectivity index (χ0v) is 11.4. The molecule has 0 aliphatic heterocycles. The Balaban J connectivity index is 1.94. The summed E-state index contributed by atoms with van der Waals surface area (Å²) in [5.74, 6) is -0.597. The van der Waals surface area contributed by atoms with Crippen LogP contribution in [0.5, 0.6) is 0 Å². The molecular formula is C14H19N3O3. The molecule has 1 aromatic rings. The second kappa shape index (κ2) is 6.36. The molecule has 3 N–H and O–H groups in total. The van der Waals surface area contributed by atoms with Crippen LogP contribution in [0.1, 0.15) is 43.0 Å². The van der Waals surface area contributed by atoms with Crippen molar-refractivity contribution in [3.8, 4) is 0 Å². The maximum atomic E-state index is 11.9. The van der Waals surface area contributed by atoms with Crippen LogP contribution in [0.25, 0.3) is 0 Å². The topological polar surface area (TPSA) is 91.3 Å². The number of amides is 2. The number of urea groups is 1. The lowest BCUT2D eigenvalue weighted by atomic mass is 9.86. The number of carbonyl (C=O) groups excluding carboxylic acids is 1. The summed E-state index contributed by atoms with van der Waals surface area (Å²) in [6.07, 6.45) is 7.13. The summed E-state index contributed by atoms with van der Waals surface area (Å²) in [6.45, 7) is 2.14. The third-order valence-electron chi connectivity index (χ3n) is 3.67. The highest BCUT2D eigenvalue weighted by molar-refractivity contribution is 5.92. The summed E-state index contributed by atoms with van der Waals surface area (Å²) in [7, 11) is 0. The van der Waals surface area contributed by atoms with E-state index in [-0.39, 0.29) is 17.6 Å². The van der Waals surface area contributed by atoms with Crippen LogP contribution < -0.4 is 10.6 Å². The predicted molar refractivity (Wildman–Crippen MR) is 74.8 cm³/mol. The van der Waals surface area contributed by atoms with Crippen LogP contribution in [0.4, 0.5) is 10.5 Å². The van der Waals surface area contributed by atoms with Gasteiger partial charge in [-0.3, -0.25) is 4.98 Å². The zero-order chi connectivity index (χ0) is 14.5. The Hall–Kier alpha value is -2.11. The van der Waals surface area contributed by atoms with Gasteiger partial charge in [-0.15, -0.1) is 0 Å². The average Bonchev–Trinajstić information content (AvgIpc) is 2.41. The fraction of sp³-hybridized carbons (Fsp3) is 0.500. The monoisotopic (exact) mass is 277 g/mol. The van der Waals surface area contributed by atoms with Gasteiger partial charge in [-0.1, -0.05) is 19.8 Å². The summed E-state index contributed by atoms with van der Waals surface area (Å²) >= 11 is 0. The van der Waals surface area contributed by atoms with Gasteiger partial charge in [-0.05, 0) is 24.8 Å².